The SMILES string of the molecule is C=C(C)C(=O)OCC(O)COC(=O)c1cc(I)cc(I)c1I. The molecule has 0 heterocycles. The summed E-state index contributed by atoms with van der Waals surface area (Å²) in [6.45, 7) is 4.44. The van der Waals surface area contributed by atoms with Gasteiger partial charge in [-0.05, 0) is 86.8 Å². The first-order chi connectivity index (χ1) is 10.2. The third-order valence-corrected chi connectivity index (χ3v) is 6.04. The van der Waals surface area contributed by atoms with E-state index in [1.807, 2.05) is 6.07 Å². The second-order valence-electron chi connectivity index (χ2n) is 4.38. The average Bonchev–Trinajstić information content (AvgIpc) is 2.45. The van der Waals surface area contributed by atoms with Crippen LogP contribution in [0.4, 0.5) is 0 Å². The van der Waals surface area contributed by atoms with Gasteiger partial charge in [0.15, 0.2) is 0 Å². The van der Waals surface area contributed by atoms with Gasteiger partial charge in [-0.25, -0.2) is 9.59 Å². The van der Waals surface area contributed by atoms with Crippen molar-refractivity contribution >= 4 is 79.7 Å². The van der Waals surface area contributed by atoms with E-state index in [0.717, 1.165) is 10.7 Å². The Kier molecular flexibility index (Phi) is 8.56. The molecule has 8 heteroatoms. The van der Waals surface area contributed by atoms with Crippen LogP contribution in [-0.2, 0) is 14.3 Å². The van der Waals surface area contributed by atoms with Gasteiger partial charge in [-0.2, -0.15) is 0 Å². The third-order valence-electron chi connectivity index (χ3n) is 2.37. The van der Waals surface area contributed by atoms with Crippen molar-refractivity contribution in [1.29, 1.82) is 0 Å². The lowest BCUT2D eigenvalue weighted by Gasteiger charge is -2.13. The topological polar surface area (TPSA) is 72.8 Å². The fraction of sp³-hybridized carbons (Fsp3) is 0.286. The molecule has 0 spiro atoms. The molecule has 0 aliphatic rings. The van der Waals surface area contributed by atoms with Crippen LogP contribution in [-0.4, -0.2) is 36.4 Å². The highest BCUT2D eigenvalue weighted by Gasteiger charge is 2.17. The monoisotopic (exact) mass is 642 g/mol. The van der Waals surface area contributed by atoms with Gasteiger partial charge >= 0.3 is 11.9 Å². The lowest BCUT2D eigenvalue weighted by atomic mass is 10.2. The minimum Gasteiger partial charge on any atom is -0.459 e. The number of benzene rings is 1. The minimum atomic E-state index is -1.08. The number of halogens is 3. The molecule has 0 radical (unpaired) electrons. The van der Waals surface area contributed by atoms with Crippen molar-refractivity contribution in [2.45, 2.75) is 13.0 Å². The van der Waals surface area contributed by atoms with Crippen LogP contribution in [0.1, 0.15) is 17.3 Å². The molecule has 5 nitrogen and oxygen atoms in total. The highest BCUT2D eigenvalue weighted by molar-refractivity contribution is 14.1. The van der Waals surface area contributed by atoms with Crippen molar-refractivity contribution < 1.29 is 24.2 Å². The average molecular weight is 642 g/mol. The minimum absolute atomic E-state index is 0.243. The molecule has 0 saturated carbocycles. The Morgan fingerprint density at radius 3 is 2.41 bits per heavy atom. The molecule has 1 unspecified atom stereocenters. The zero-order chi connectivity index (χ0) is 16.9. The van der Waals surface area contributed by atoms with E-state index in [1.54, 1.807) is 6.07 Å². The highest BCUT2D eigenvalue weighted by atomic mass is 127. The molecule has 1 aromatic carbocycles. The van der Waals surface area contributed by atoms with Crippen molar-refractivity contribution in [3.8, 4) is 0 Å². The van der Waals surface area contributed by atoms with Crippen molar-refractivity contribution in [3.05, 3.63) is 40.6 Å². The van der Waals surface area contributed by atoms with Gasteiger partial charge in [0.25, 0.3) is 0 Å². The zero-order valence-corrected chi connectivity index (χ0v) is 18.0. The van der Waals surface area contributed by atoms with Crippen molar-refractivity contribution in [3.63, 3.8) is 0 Å². The Hall–Kier alpha value is 0.0500. The summed E-state index contributed by atoms with van der Waals surface area (Å²) in [5, 5.41) is 9.67. The second kappa shape index (κ2) is 9.37. The summed E-state index contributed by atoms with van der Waals surface area (Å²) in [5.41, 5.74) is 0.690. The second-order valence-corrected chi connectivity index (χ2v) is 7.87. The van der Waals surface area contributed by atoms with E-state index in [2.05, 4.69) is 74.4 Å². The van der Waals surface area contributed by atoms with Crippen LogP contribution in [0, 0.1) is 10.7 Å². The molecule has 120 valence electrons. The number of aliphatic hydroxyl groups excluding tert-OH is 1. The Balaban J connectivity index is 2.56. The van der Waals surface area contributed by atoms with Gasteiger partial charge in [-0.1, -0.05) is 6.58 Å². The summed E-state index contributed by atoms with van der Waals surface area (Å²) in [6, 6.07) is 3.67. The number of aliphatic hydroxyl groups is 1. The molecule has 0 fully saturated rings. The maximum Gasteiger partial charge on any atom is 0.339 e. The molecule has 0 aromatic heterocycles. The van der Waals surface area contributed by atoms with E-state index in [0.29, 0.717) is 5.56 Å². The van der Waals surface area contributed by atoms with Crippen LogP contribution in [0.5, 0.6) is 0 Å². The van der Waals surface area contributed by atoms with Crippen LogP contribution >= 0.6 is 67.8 Å². The van der Waals surface area contributed by atoms with Gasteiger partial charge in [0.05, 0.1) is 5.56 Å². The molecule has 1 N–H and O–H groups in total. The molecule has 1 aromatic rings. The number of esters is 2. The molecule has 1 atom stereocenters. The Morgan fingerprint density at radius 1 is 1.23 bits per heavy atom. The van der Waals surface area contributed by atoms with Crippen LogP contribution in [0.3, 0.4) is 0 Å². The number of hydrogen-bond acceptors (Lipinski definition) is 5. The predicted octanol–water partition coefficient (Wildman–Crippen LogP) is 3.14. The Labute approximate surface area is 169 Å². The number of ether oxygens (including phenoxy) is 2. The van der Waals surface area contributed by atoms with Crippen molar-refractivity contribution in [1.82, 2.24) is 0 Å². The van der Waals surface area contributed by atoms with E-state index in [1.165, 1.54) is 6.92 Å². The summed E-state index contributed by atoms with van der Waals surface area (Å²) in [6.07, 6.45) is -1.08. The van der Waals surface area contributed by atoms with E-state index in [4.69, 9.17) is 9.47 Å². The summed E-state index contributed by atoms with van der Waals surface area (Å²) in [5.74, 6) is -1.11. The first-order valence-corrected chi connectivity index (χ1v) is 9.28. The molecular formula is C14H13I3O5. The standard InChI is InChI=1S/C14H13I3O5/c1-7(2)13(19)21-5-9(18)6-22-14(20)10-3-8(15)4-11(16)12(10)17/h3-4,9,18H,1,5-6H2,2H3. The summed E-state index contributed by atoms with van der Waals surface area (Å²) >= 11 is 6.33. The van der Waals surface area contributed by atoms with E-state index in [-0.39, 0.29) is 18.8 Å². The Morgan fingerprint density at radius 2 is 1.82 bits per heavy atom. The normalized spacial score (nSPS) is 11.7. The molecule has 0 aliphatic heterocycles. The van der Waals surface area contributed by atoms with E-state index in [9.17, 15) is 14.7 Å². The first-order valence-electron chi connectivity index (χ1n) is 6.04. The maximum atomic E-state index is 12.1. The molecular weight excluding hydrogens is 629 g/mol. The number of carbonyl (C=O) groups excluding carboxylic acids is 2. The molecule has 0 saturated heterocycles. The summed E-state index contributed by atoms with van der Waals surface area (Å²) in [7, 11) is 0. The highest BCUT2D eigenvalue weighted by Crippen LogP contribution is 2.23. The molecule has 22 heavy (non-hydrogen) atoms. The molecule has 0 bridgehead atoms. The van der Waals surface area contributed by atoms with Gasteiger partial charge in [-0.15, -0.1) is 0 Å². The van der Waals surface area contributed by atoms with Gasteiger partial charge in [0.2, 0.25) is 0 Å². The molecule has 1 rings (SSSR count). The van der Waals surface area contributed by atoms with Crippen LogP contribution in [0.2, 0.25) is 0 Å². The largest absolute Gasteiger partial charge is 0.459 e. The van der Waals surface area contributed by atoms with Crippen LogP contribution in [0.25, 0.3) is 0 Å². The van der Waals surface area contributed by atoms with Gasteiger partial charge in [0.1, 0.15) is 19.3 Å². The number of carbonyl (C=O) groups is 2. The molecule has 0 aliphatic carbocycles. The fourth-order valence-corrected chi connectivity index (χ4v) is 3.67. The number of rotatable bonds is 6. The van der Waals surface area contributed by atoms with Crippen molar-refractivity contribution in [2.24, 2.45) is 0 Å². The first kappa shape index (κ1) is 20.1. The quantitative estimate of drug-likeness (QED) is 0.224. The summed E-state index contributed by atoms with van der Waals surface area (Å²) in [4.78, 5) is 23.2. The zero-order valence-electron chi connectivity index (χ0n) is 11.6. The Bertz CT molecular complexity index is 600. The third kappa shape index (κ3) is 6.28. The lowest BCUT2D eigenvalue weighted by Crippen LogP contribution is -2.25. The van der Waals surface area contributed by atoms with E-state index < -0.39 is 18.0 Å². The van der Waals surface area contributed by atoms with E-state index >= 15 is 0 Å². The number of hydrogen-bond donors (Lipinski definition) is 1. The van der Waals surface area contributed by atoms with Crippen LogP contribution < -0.4 is 0 Å². The smallest absolute Gasteiger partial charge is 0.339 e. The van der Waals surface area contributed by atoms with Crippen molar-refractivity contribution in [2.75, 3.05) is 13.2 Å². The maximum absolute atomic E-state index is 12.1. The van der Waals surface area contributed by atoms with Crippen LogP contribution in [0.15, 0.2) is 24.3 Å². The van der Waals surface area contributed by atoms with Gasteiger partial charge < -0.3 is 14.6 Å². The molecule has 0 amide bonds. The summed E-state index contributed by atoms with van der Waals surface area (Å²) < 4.78 is 12.5. The van der Waals surface area contributed by atoms with Gasteiger partial charge in [-0.3, -0.25) is 0 Å². The van der Waals surface area contributed by atoms with Gasteiger partial charge in [0, 0.05) is 16.3 Å². The predicted molar refractivity (Wildman–Crippen MR) is 107 cm³/mol. The fourth-order valence-electron chi connectivity index (χ4n) is 1.30. The lowest BCUT2D eigenvalue weighted by molar-refractivity contribution is -0.142.